The smallest absolute Gasteiger partial charge is 0.243 e. The summed E-state index contributed by atoms with van der Waals surface area (Å²) < 4.78 is 12.8. The van der Waals surface area contributed by atoms with E-state index in [0.717, 1.165) is 5.56 Å². The van der Waals surface area contributed by atoms with Gasteiger partial charge in [-0.1, -0.05) is 12.1 Å². The molecule has 0 bridgehead atoms. The summed E-state index contributed by atoms with van der Waals surface area (Å²) in [5.74, 6) is -0.730. The van der Waals surface area contributed by atoms with Gasteiger partial charge in [0.25, 0.3) is 0 Å². The first kappa shape index (κ1) is 18.4. The third-order valence-corrected chi connectivity index (χ3v) is 3.62. The number of hydrogen-bond donors (Lipinski definition) is 2. The Hall–Kier alpha value is -1.66. The zero-order chi connectivity index (χ0) is 15.5. The zero-order valence-corrected chi connectivity index (χ0v) is 13.3. The molecule has 2 rings (SSSR count). The van der Waals surface area contributed by atoms with Crippen LogP contribution in [-0.4, -0.2) is 35.3 Å². The molecule has 0 aromatic heterocycles. The highest BCUT2D eigenvalue weighted by Gasteiger charge is 2.48. The Bertz CT molecular complexity index is 532. The van der Waals surface area contributed by atoms with Crippen LogP contribution in [0.25, 0.3) is 0 Å². The Balaban J connectivity index is 0.00000242. The summed E-state index contributed by atoms with van der Waals surface area (Å²) in [4.78, 5) is 25.4. The van der Waals surface area contributed by atoms with Crippen LogP contribution >= 0.6 is 12.4 Å². The van der Waals surface area contributed by atoms with E-state index < -0.39 is 5.54 Å². The summed E-state index contributed by atoms with van der Waals surface area (Å²) in [7, 11) is 0. The minimum atomic E-state index is -0.757. The Kier molecular flexibility index (Phi) is 6.32. The van der Waals surface area contributed by atoms with E-state index in [2.05, 4.69) is 5.32 Å². The number of amides is 2. The van der Waals surface area contributed by atoms with Crippen LogP contribution in [0.4, 0.5) is 4.39 Å². The Morgan fingerprint density at radius 3 is 2.41 bits per heavy atom. The van der Waals surface area contributed by atoms with Crippen LogP contribution in [0.3, 0.4) is 0 Å². The second-order valence-corrected chi connectivity index (χ2v) is 5.38. The highest BCUT2D eigenvalue weighted by Crippen LogP contribution is 2.33. The van der Waals surface area contributed by atoms with E-state index in [1.165, 1.54) is 17.0 Å². The molecule has 1 saturated carbocycles. The molecule has 2 amide bonds. The lowest BCUT2D eigenvalue weighted by molar-refractivity contribution is -0.137. The predicted octanol–water partition coefficient (Wildman–Crippen LogP) is 1.20. The van der Waals surface area contributed by atoms with E-state index in [0.29, 0.717) is 25.9 Å². The molecule has 5 nitrogen and oxygen atoms in total. The quantitative estimate of drug-likeness (QED) is 0.823. The van der Waals surface area contributed by atoms with Crippen LogP contribution < -0.4 is 11.1 Å². The maximum Gasteiger partial charge on any atom is 0.243 e. The monoisotopic (exact) mass is 329 g/mol. The second kappa shape index (κ2) is 7.56. The van der Waals surface area contributed by atoms with Crippen molar-refractivity contribution in [1.82, 2.24) is 10.2 Å². The first-order valence-electron chi connectivity index (χ1n) is 7.04. The molecular formula is C15H21ClFN3O2. The molecule has 1 aromatic carbocycles. The minimum Gasteiger partial charge on any atom is -0.350 e. The van der Waals surface area contributed by atoms with E-state index in [-0.39, 0.29) is 36.6 Å². The van der Waals surface area contributed by atoms with Gasteiger partial charge >= 0.3 is 0 Å². The number of carbonyl (C=O) groups is 2. The normalized spacial score (nSPS) is 14.7. The van der Waals surface area contributed by atoms with E-state index in [9.17, 15) is 14.0 Å². The van der Waals surface area contributed by atoms with Crippen molar-refractivity contribution in [2.75, 3.05) is 13.1 Å². The number of nitrogens with zero attached hydrogens (tertiary/aromatic N) is 1. The molecule has 1 aliphatic carbocycles. The van der Waals surface area contributed by atoms with Gasteiger partial charge in [-0.25, -0.2) is 4.39 Å². The fourth-order valence-electron chi connectivity index (χ4n) is 2.02. The van der Waals surface area contributed by atoms with E-state index in [4.69, 9.17) is 5.73 Å². The number of nitrogens with one attached hydrogen (secondary N) is 1. The summed E-state index contributed by atoms with van der Waals surface area (Å²) in [6.07, 6.45) is 1.36. The standard InChI is InChI=1S/C15H20FN3O2.ClH/c1-2-19(14(21)15(17)7-8-15)10-13(20)18-9-11-3-5-12(16)6-4-11;/h3-6H,2,7-10,17H2,1H3,(H,18,20);1H. The average molecular weight is 330 g/mol. The van der Waals surface area contributed by atoms with Crippen molar-refractivity contribution >= 4 is 24.2 Å². The van der Waals surface area contributed by atoms with Crippen molar-refractivity contribution in [2.45, 2.75) is 31.8 Å². The summed E-state index contributed by atoms with van der Waals surface area (Å²) >= 11 is 0. The molecule has 7 heteroatoms. The van der Waals surface area contributed by atoms with Gasteiger partial charge in [-0.3, -0.25) is 9.59 Å². The second-order valence-electron chi connectivity index (χ2n) is 5.38. The number of hydrogen-bond acceptors (Lipinski definition) is 3. The van der Waals surface area contributed by atoms with Crippen LogP contribution in [0.1, 0.15) is 25.3 Å². The van der Waals surface area contributed by atoms with Crippen molar-refractivity contribution in [3.05, 3.63) is 35.6 Å². The largest absolute Gasteiger partial charge is 0.350 e. The van der Waals surface area contributed by atoms with Gasteiger partial charge in [0.15, 0.2) is 0 Å². The maximum atomic E-state index is 12.8. The third-order valence-electron chi connectivity index (χ3n) is 3.62. The van der Waals surface area contributed by atoms with E-state index in [1.807, 2.05) is 6.92 Å². The maximum absolute atomic E-state index is 12.8. The highest BCUT2D eigenvalue weighted by molar-refractivity contribution is 5.92. The molecule has 0 spiro atoms. The number of benzene rings is 1. The van der Waals surface area contributed by atoms with E-state index >= 15 is 0 Å². The number of likely N-dealkylation sites (N-methyl/N-ethyl adjacent to an activating group) is 1. The molecule has 0 heterocycles. The van der Waals surface area contributed by atoms with Gasteiger partial charge in [0, 0.05) is 13.1 Å². The first-order chi connectivity index (χ1) is 9.94. The number of rotatable bonds is 6. The van der Waals surface area contributed by atoms with E-state index in [1.54, 1.807) is 12.1 Å². The molecule has 1 aliphatic rings. The van der Waals surface area contributed by atoms with Gasteiger partial charge < -0.3 is 16.0 Å². The van der Waals surface area contributed by atoms with Crippen molar-refractivity contribution in [1.29, 1.82) is 0 Å². The molecule has 0 aliphatic heterocycles. The summed E-state index contributed by atoms with van der Waals surface area (Å²) in [6, 6.07) is 5.90. The fourth-order valence-corrected chi connectivity index (χ4v) is 2.02. The molecule has 3 N–H and O–H groups in total. The van der Waals surface area contributed by atoms with Gasteiger partial charge in [0.2, 0.25) is 11.8 Å². The predicted molar refractivity (Wildman–Crippen MR) is 83.9 cm³/mol. The molecule has 0 atom stereocenters. The van der Waals surface area contributed by atoms with Crippen LogP contribution in [0.2, 0.25) is 0 Å². The van der Waals surface area contributed by atoms with Crippen LogP contribution in [0.5, 0.6) is 0 Å². The topological polar surface area (TPSA) is 75.4 Å². The molecule has 22 heavy (non-hydrogen) atoms. The lowest BCUT2D eigenvalue weighted by atomic mass is 10.2. The number of nitrogens with two attached hydrogens (primary N) is 1. The average Bonchev–Trinajstić information content (AvgIpc) is 3.22. The van der Waals surface area contributed by atoms with Crippen LogP contribution in [-0.2, 0) is 16.1 Å². The van der Waals surface area contributed by atoms with Crippen molar-refractivity contribution in [2.24, 2.45) is 5.73 Å². The van der Waals surface area contributed by atoms with Gasteiger partial charge in [0.05, 0.1) is 12.1 Å². The van der Waals surface area contributed by atoms with Gasteiger partial charge in [0.1, 0.15) is 5.82 Å². The first-order valence-corrected chi connectivity index (χ1v) is 7.04. The Morgan fingerprint density at radius 1 is 1.32 bits per heavy atom. The van der Waals surface area contributed by atoms with Crippen molar-refractivity contribution in [3.63, 3.8) is 0 Å². The highest BCUT2D eigenvalue weighted by atomic mass is 35.5. The van der Waals surface area contributed by atoms with Gasteiger partial charge in [-0.2, -0.15) is 0 Å². The molecule has 1 fully saturated rings. The summed E-state index contributed by atoms with van der Waals surface area (Å²) in [5.41, 5.74) is 5.91. The minimum absolute atomic E-state index is 0. The van der Waals surface area contributed by atoms with Crippen molar-refractivity contribution in [3.8, 4) is 0 Å². The Morgan fingerprint density at radius 2 is 1.91 bits per heavy atom. The Labute approximate surface area is 135 Å². The van der Waals surface area contributed by atoms with Gasteiger partial charge in [-0.15, -0.1) is 12.4 Å². The molecule has 0 unspecified atom stereocenters. The number of carbonyl (C=O) groups excluding carboxylic acids is 2. The van der Waals surface area contributed by atoms with Crippen LogP contribution in [0.15, 0.2) is 24.3 Å². The summed E-state index contributed by atoms with van der Waals surface area (Å²) in [6.45, 7) is 2.56. The summed E-state index contributed by atoms with van der Waals surface area (Å²) in [5, 5.41) is 2.71. The lowest BCUT2D eigenvalue weighted by Gasteiger charge is -2.23. The molecule has 122 valence electrons. The van der Waals surface area contributed by atoms with Crippen LogP contribution in [0, 0.1) is 5.82 Å². The third kappa shape index (κ3) is 4.68. The molecule has 1 aromatic rings. The fraction of sp³-hybridized carbons (Fsp3) is 0.467. The SMILES string of the molecule is CCN(CC(=O)NCc1ccc(F)cc1)C(=O)C1(N)CC1.Cl. The number of halogens is 2. The zero-order valence-electron chi connectivity index (χ0n) is 12.5. The van der Waals surface area contributed by atoms with Gasteiger partial charge in [-0.05, 0) is 37.5 Å². The lowest BCUT2D eigenvalue weighted by Crippen LogP contribution is -2.49. The molecule has 0 radical (unpaired) electrons. The molecule has 0 saturated heterocycles. The van der Waals surface area contributed by atoms with Crippen molar-refractivity contribution < 1.29 is 14.0 Å². The molecular weight excluding hydrogens is 309 g/mol.